The third-order valence-corrected chi connectivity index (χ3v) is 8.41. The van der Waals surface area contributed by atoms with Gasteiger partial charge in [-0.3, -0.25) is 0 Å². The van der Waals surface area contributed by atoms with Crippen molar-refractivity contribution < 1.29 is 0 Å². The van der Waals surface area contributed by atoms with Crippen LogP contribution in [0.5, 0.6) is 0 Å². The highest BCUT2D eigenvalue weighted by atomic mass is 15.0. The first-order chi connectivity index (χ1) is 18.3. The van der Waals surface area contributed by atoms with Crippen LogP contribution in [0, 0.1) is 11.8 Å². The Morgan fingerprint density at radius 2 is 1.00 bits per heavy atom. The quantitative estimate of drug-likeness (QED) is 0.101. The van der Waals surface area contributed by atoms with Gasteiger partial charge in [0.05, 0.1) is 0 Å². The summed E-state index contributed by atoms with van der Waals surface area (Å²) in [5.41, 5.74) is 2.70. The van der Waals surface area contributed by atoms with Crippen molar-refractivity contribution in [2.24, 2.45) is 11.8 Å². The number of hydrogen-bond donors (Lipinski definition) is 0. The number of allylic oxidation sites excluding steroid dienone is 2. The van der Waals surface area contributed by atoms with Crippen LogP contribution in [0.1, 0.15) is 110 Å². The number of unbranched alkanes of at least 4 members (excludes halogenated alkanes) is 11. The lowest BCUT2D eigenvalue weighted by Crippen LogP contribution is -2.07. The molecule has 0 aliphatic heterocycles. The van der Waals surface area contributed by atoms with E-state index in [4.69, 9.17) is 0 Å². The molecule has 0 aliphatic rings. The van der Waals surface area contributed by atoms with Crippen molar-refractivity contribution in [1.29, 1.82) is 0 Å². The van der Waals surface area contributed by atoms with Gasteiger partial charge in [-0.05, 0) is 49.7 Å². The van der Waals surface area contributed by atoms with Gasteiger partial charge >= 0.3 is 0 Å². The van der Waals surface area contributed by atoms with Gasteiger partial charge in [0.25, 0.3) is 0 Å². The van der Waals surface area contributed by atoms with E-state index < -0.39 is 0 Å². The molecule has 3 rings (SSSR count). The molecule has 2 unspecified atom stereocenters. The van der Waals surface area contributed by atoms with Crippen LogP contribution >= 0.6 is 0 Å². The predicted molar refractivity (Wildman–Crippen MR) is 166 cm³/mol. The second kappa shape index (κ2) is 17.3. The Morgan fingerprint density at radius 1 is 0.568 bits per heavy atom. The van der Waals surface area contributed by atoms with Gasteiger partial charge in [0.15, 0.2) is 0 Å². The third-order valence-electron chi connectivity index (χ3n) is 8.41. The molecule has 0 radical (unpaired) electrons. The Labute approximate surface area is 228 Å². The Kier molecular flexibility index (Phi) is 13.7. The van der Waals surface area contributed by atoms with Crippen LogP contribution in [0.25, 0.3) is 21.8 Å². The van der Waals surface area contributed by atoms with E-state index in [-0.39, 0.29) is 0 Å². The van der Waals surface area contributed by atoms with Gasteiger partial charge in [0.1, 0.15) is 0 Å². The highest BCUT2D eigenvalue weighted by Crippen LogP contribution is 2.30. The maximum atomic E-state index is 4.19. The fraction of sp³-hybridized carbons (Fsp3) is 0.556. The number of aromatic nitrogens is 1. The molecule has 37 heavy (non-hydrogen) atoms. The largest absolute Gasteiger partial charge is 0.340 e. The molecule has 0 amide bonds. The molecule has 0 aliphatic carbocycles. The van der Waals surface area contributed by atoms with Gasteiger partial charge in [-0.1, -0.05) is 133 Å². The highest BCUT2D eigenvalue weighted by Gasteiger charge is 2.13. The zero-order chi connectivity index (χ0) is 26.1. The SMILES string of the molecule is C=CC(CCCCCCCCCCCCCC)CCC(C=C)CCn1c2ccccc2c2ccccc21. The highest BCUT2D eigenvalue weighted by molar-refractivity contribution is 6.07. The number of rotatable bonds is 21. The molecule has 0 saturated heterocycles. The predicted octanol–water partition coefficient (Wildman–Crippen LogP) is 11.7. The average molecular weight is 500 g/mol. The molecule has 3 aromatic rings. The van der Waals surface area contributed by atoms with E-state index in [2.05, 4.69) is 85.3 Å². The minimum absolute atomic E-state index is 0.560. The lowest BCUT2D eigenvalue weighted by Gasteiger charge is -2.18. The van der Waals surface area contributed by atoms with Crippen molar-refractivity contribution in [3.8, 4) is 0 Å². The molecular formula is C36H53N. The molecule has 1 heterocycles. The summed E-state index contributed by atoms with van der Waals surface area (Å²) in [6.45, 7) is 11.7. The molecule has 202 valence electrons. The van der Waals surface area contributed by atoms with Crippen LogP contribution in [-0.2, 0) is 6.54 Å². The van der Waals surface area contributed by atoms with Crippen molar-refractivity contribution in [3.63, 3.8) is 0 Å². The molecule has 2 aromatic carbocycles. The summed E-state index contributed by atoms with van der Waals surface area (Å²) in [6.07, 6.45) is 26.3. The first-order valence-electron chi connectivity index (χ1n) is 15.5. The normalized spacial score (nSPS) is 13.2. The summed E-state index contributed by atoms with van der Waals surface area (Å²) in [6, 6.07) is 17.7. The van der Waals surface area contributed by atoms with Crippen LogP contribution < -0.4 is 0 Å². The third kappa shape index (κ3) is 9.51. The van der Waals surface area contributed by atoms with Gasteiger partial charge in [-0.25, -0.2) is 0 Å². The smallest absolute Gasteiger partial charge is 0.0491 e. The van der Waals surface area contributed by atoms with Crippen molar-refractivity contribution in [1.82, 2.24) is 4.57 Å². The van der Waals surface area contributed by atoms with Crippen LogP contribution in [-0.4, -0.2) is 4.57 Å². The minimum atomic E-state index is 0.560. The molecule has 0 saturated carbocycles. The fourth-order valence-corrected chi connectivity index (χ4v) is 5.97. The summed E-state index contributed by atoms with van der Waals surface area (Å²) in [7, 11) is 0. The van der Waals surface area contributed by atoms with Gasteiger partial charge in [0, 0.05) is 28.4 Å². The zero-order valence-electron chi connectivity index (χ0n) is 23.8. The van der Waals surface area contributed by atoms with Crippen LogP contribution in [0.4, 0.5) is 0 Å². The van der Waals surface area contributed by atoms with Crippen molar-refractivity contribution in [2.45, 2.75) is 116 Å². The van der Waals surface area contributed by atoms with Crippen LogP contribution in [0.15, 0.2) is 73.8 Å². The Bertz CT molecular complexity index is 988. The maximum Gasteiger partial charge on any atom is 0.0491 e. The fourth-order valence-electron chi connectivity index (χ4n) is 5.97. The second-order valence-electron chi connectivity index (χ2n) is 11.2. The van der Waals surface area contributed by atoms with Crippen molar-refractivity contribution >= 4 is 21.8 Å². The van der Waals surface area contributed by atoms with E-state index in [0.717, 1.165) is 13.0 Å². The first-order valence-corrected chi connectivity index (χ1v) is 15.5. The zero-order valence-corrected chi connectivity index (χ0v) is 23.8. The van der Waals surface area contributed by atoms with Crippen LogP contribution in [0.2, 0.25) is 0 Å². The molecule has 1 nitrogen and oxygen atoms in total. The molecule has 0 spiro atoms. The molecule has 1 aromatic heterocycles. The topological polar surface area (TPSA) is 4.93 Å². The summed E-state index contributed by atoms with van der Waals surface area (Å²) in [5.74, 6) is 1.21. The van der Waals surface area contributed by atoms with Gasteiger partial charge in [-0.15, -0.1) is 13.2 Å². The molecule has 0 fully saturated rings. The van der Waals surface area contributed by atoms with E-state index in [0.29, 0.717) is 11.8 Å². The molecule has 0 bridgehead atoms. The lowest BCUT2D eigenvalue weighted by atomic mass is 9.90. The average Bonchev–Trinajstić information content (AvgIpc) is 3.26. The number of fused-ring (bicyclic) bond motifs is 3. The van der Waals surface area contributed by atoms with E-state index in [1.165, 1.54) is 118 Å². The Balaban J connectivity index is 1.33. The van der Waals surface area contributed by atoms with Gasteiger partial charge in [-0.2, -0.15) is 0 Å². The van der Waals surface area contributed by atoms with Crippen molar-refractivity contribution in [3.05, 3.63) is 73.8 Å². The number of nitrogens with zero attached hydrogens (tertiary/aromatic N) is 1. The second-order valence-corrected chi connectivity index (χ2v) is 11.2. The van der Waals surface area contributed by atoms with E-state index in [1.807, 2.05) is 0 Å². The monoisotopic (exact) mass is 499 g/mol. The maximum absolute atomic E-state index is 4.19. The Morgan fingerprint density at radius 3 is 1.49 bits per heavy atom. The summed E-state index contributed by atoms with van der Waals surface area (Å²) in [5, 5.41) is 2.73. The van der Waals surface area contributed by atoms with Crippen molar-refractivity contribution in [2.75, 3.05) is 0 Å². The van der Waals surface area contributed by atoms with Crippen LogP contribution in [0.3, 0.4) is 0 Å². The number of aryl methyl sites for hydroxylation is 1. The summed E-state index contributed by atoms with van der Waals surface area (Å²) >= 11 is 0. The summed E-state index contributed by atoms with van der Waals surface area (Å²) in [4.78, 5) is 0. The number of benzene rings is 2. The van der Waals surface area contributed by atoms with E-state index in [1.54, 1.807) is 0 Å². The number of hydrogen-bond acceptors (Lipinski definition) is 0. The minimum Gasteiger partial charge on any atom is -0.340 e. The Hall–Kier alpha value is -2.28. The van der Waals surface area contributed by atoms with E-state index >= 15 is 0 Å². The lowest BCUT2D eigenvalue weighted by molar-refractivity contribution is 0.422. The summed E-state index contributed by atoms with van der Waals surface area (Å²) < 4.78 is 2.51. The molecular weight excluding hydrogens is 446 g/mol. The first kappa shape index (κ1) is 29.3. The molecule has 2 atom stereocenters. The molecule has 1 heteroatoms. The number of para-hydroxylation sites is 2. The van der Waals surface area contributed by atoms with E-state index in [9.17, 15) is 0 Å². The standard InChI is InChI=1S/C36H53N/c1-4-7-8-9-10-11-12-13-14-15-16-17-22-31(5-2)27-28-32(6-3)29-30-37-35-25-20-18-23-33(35)34-24-19-21-26-36(34)37/h5-6,18-21,23-26,31-32H,2-4,7-17,22,27-30H2,1H3. The van der Waals surface area contributed by atoms with Gasteiger partial charge in [0.2, 0.25) is 0 Å². The molecule has 0 N–H and O–H groups in total. The van der Waals surface area contributed by atoms with Gasteiger partial charge < -0.3 is 4.57 Å².